The predicted molar refractivity (Wildman–Crippen MR) is 88.9 cm³/mol. The number of thiazole rings is 1. The quantitative estimate of drug-likeness (QED) is 0.445. The Balaban J connectivity index is 2.87. The number of esters is 1. The molecule has 23 heavy (non-hydrogen) atoms. The van der Waals surface area contributed by atoms with Gasteiger partial charge in [-0.3, -0.25) is 0 Å². The highest BCUT2D eigenvalue weighted by Gasteiger charge is 2.20. The molecule has 0 aromatic carbocycles. The molecule has 0 aliphatic heterocycles. The van der Waals surface area contributed by atoms with Crippen LogP contribution < -0.4 is 0 Å². The van der Waals surface area contributed by atoms with Crippen molar-refractivity contribution in [2.45, 2.75) is 26.1 Å². The van der Waals surface area contributed by atoms with E-state index < -0.39 is 12.1 Å². The second-order valence-corrected chi connectivity index (χ2v) is 5.80. The minimum atomic E-state index is -0.581. The number of hydrogen-bond donors (Lipinski definition) is 1. The number of methoxy groups -OCH3 is 3. The Morgan fingerprint density at radius 3 is 2.48 bits per heavy atom. The number of ether oxygens (including phenoxy) is 3. The van der Waals surface area contributed by atoms with Crippen LogP contribution >= 0.6 is 11.3 Å². The molecule has 1 aromatic rings. The maximum Gasteiger partial charge on any atom is 0.333 e. The summed E-state index contributed by atoms with van der Waals surface area (Å²) in [6.45, 7) is 3.56. The topological polar surface area (TPSA) is 77.9 Å². The van der Waals surface area contributed by atoms with Crippen molar-refractivity contribution >= 4 is 23.4 Å². The first-order chi connectivity index (χ1) is 10.9. The van der Waals surface area contributed by atoms with Crippen LogP contribution in [-0.4, -0.2) is 43.5 Å². The zero-order valence-corrected chi connectivity index (χ0v) is 14.8. The van der Waals surface area contributed by atoms with Crippen molar-refractivity contribution < 1.29 is 24.1 Å². The number of aromatic nitrogens is 1. The number of aliphatic hydroxyl groups is 1. The molecule has 6 nitrogen and oxygen atoms in total. The van der Waals surface area contributed by atoms with Crippen LogP contribution in [0.5, 0.6) is 0 Å². The van der Waals surface area contributed by atoms with Gasteiger partial charge in [-0.05, 0) is 13.0 Å². The summed E-state index contributed by atoms with van der Waals surface area (Å²) in [4.78, 5) is 15.7. The van der Waals surface area contributed by atoms with Crippen LogP contribution in [-0.2, 0) is 19.0 Å². The van der Waals surface area contributed by atoms with E-state index in [-0.39, 0.29) is 12.0 Å². The highest BCUT2D eigenvalue weighted by atomic mass is 32.1. The fourth-order valence-corrected chi connectivity index (χ4v) is 2.65. The summed E-state index contributed by atoms with van der Waals surface area (Å²) in [6.07, 6.45) is 4.08. The molecule has 1 heterocycles. The van der Waals surface area contributed by atoms with E-state index in [0.717, 1.165) is 5.69 Å². The molecule has 3 unspecified atom stereocenters. The summed E-state index contributed by atoms with van der Waals surface area (Å²) < 4.78 is 15.3. The number of hydrogen-bond acceptors (Lipinski definition) is 7. The van der Waals surface area contributed by atoms with Crippen molar-refractivity contribution in [1.29, 1.82) is 0 Å². The van der Waals surface area contributed by atoms with Crippen molar-refractivity contribution in [2.24, 2.45) is 5.92 Å². The molecule has 0 amide bonds. The molecule has 0 saturated heterocycles. The number of rotatable bonds is 8. The van der Waals surface area contributed by atoms with Crippen LogP contribution in [0.3, 0.4) is 0 Å². The number of aliphatic hydroxyl groups excluding tert-OH is 1. The van der Waals surface area contributed by atoms with Gasteiger partial charge in [-0.2, -0.15) is 0 Å². The van der Waals surface area contributed by atoms with Gasteiger partial charge in [0, 0.05) is 18.4 Å². The molecule has 0 radical (unpaired) electrons. The van der Waals surface area contributed by atoms with Gasteiger partial charge in [0.1, 0.15) is 16.9 Å². The monoisotopic (exact) mass is 341 g/mol. The van der Waals surface area contributed by atoms with Gasteiger partial charge in [0.25, 0.3) is 0 Å². The van der Waals surface area contributed by atoms with E-state index >= 15 is 0 Å². The zero-order valence-electron chi connectivity index (χ0n) is 14.0. The molecule has 0 bridgehead atoms. The van der Waals surface area contributed by atoms with Gasteiger partial charge in [-0.1, -0.05) is 13.0 Å². The van der Waals surface area contributed by atoms with Crippen LogP contribution in [0.4, 0.5) is 0 Å². The molecule has 0 saturated carbocycles. The first-order valence-corrected chi connectivity index (χ1v) is 7.98. The van der Waals surface area contributed by atoms with Gasteiger partial charge in [-0.25, -0.2) is 9.78 Å². The highest BCUT2D eigenvalue weighted by Crippen LogP contribution is 2.22. The first-order valence-electron chi connectivity index (χ1n) is 7.10. The Labute approximate surface area is 140 Å². The average Bonchev–Trinajstić information content (AvgIpc) is 3.01. The summed E-state index contributed by atoms with van der Waals surface area (Å²) in [6, 6.07) is 0. The summed E-state index contributed by atoms with van der Waals surface area (Å²) in [7, 11) is 4.39. The van der Waals surface area contributed by atoms with E-state index in [1.165, 1.54) is 31.6 Å². The molecule has 0 fully saturated rings. The van der Waals surface area contributed by atoms with Crippen molar-refractivity contribution in [1.82, 2.24) is 4.98 Å². The van der Waals surface area contributed by atoms with Gasteiger partial charge in [0.05, 0.1) is 32.1 Å². The number of carbonyl (C=O) groups excluding carboxylic acids is 1. The lowest BCUT2D eigenvalue weighted by molar-refractivity contribution is -0.135. The van der Waals surface area contributed by atoms with Crippen molar-refractivity contribution in [2.75, 3.05) is 21.3 Å². The molecule has 7 heteroatoms. The molecule has 1 rings (SSSR count). The minimum Gasteiger partial charge on any atom is -0.500 e. The summed E-state index contributed by atoms with van der Waals surface area (Å²) in [5, 5.41) is 12.0. The second-order valence-electron chi connectivity index (χ2n) is 4.91. The first kappa shape index (κ1) is 19.3. The van der Waals surface area contributed by atoms with E-state index in [0.29, 0.717) is 10.8 Å². The highest BCUT2D eigenvalue weighted by molar-refractivity contribution is 7.09. The van der Waals surface area contributed by atoms with E-state index in [4.69, 9.17) is 9.47 Å². The molecule has 0 aliphatic carbocycles. The van der Waals surface area contributed by atoms with Gasteiger partial charge < -0.3 is 19.3 Å². The van der Waals surface area contributed by atoms with E-state index in [2.05, 4.69) is 9.72 Å². The fraction of sp³-hybridized carbons (Fsp3) is 0.500. The van der Waals surface area contributed by atoms with E-state index in [1.54, 1.807) is 14.0 Å². The lowest BCUT2D eigenvalue weighted by atomic mass is 10.0. The molecule has 3 atom stereocenters. The third-order valence-corrected chi connectivity index (χ3v) is 4.30. The maximum atomic E-state index is 11.4. The standard InChI is InChI=1S/C16H23NO5S/c1-10(14(21-4)8-15(19)22-5)13(20-3)7-6-12-9-23-16(17-12)11(2)18/h6-11,13,18H,1-5H3. The average molecular weight is 341 g/mol. The van der Waals surface area contributed by atoms with Crippen LogP contribution in [0.1, 0.15) is 30.7 Å². The van der Waals surface area contributed by atoms with E-state index in [1.807, 2.05) is 24.5 Å². The van der Waals surface area contributed by atoms with Crippen molar-refractivity contribution in [3.63, 3.8) is 0 Å². The lowest BCUT2D eigenvalue weighted by Gasteiger charge is -2.21. The fourth-order valence-electron chi connectivity index (χ4n) is 1.93. The van der Waals surface area contributed by atoms with Crippen molar-refractivity contribution in [3.8, 4) is 0 Å². The SMILES string of the molecule is COC(=O)C=C(OC)C(C)C(C=Cc1csc(C(C)O)n1)OC. The van der Waals surface area contributed by atoms with Crippen LogP contribution in [0.15, 0.2) is 23.3 Å². The minimum absolute atomic E-state index is 0.185. The Bertz CT molecular complexity index is 565. The lowest BCUT2D eigenvalue weighted by Crippen LogP contribution is -2.21. The second kappa shape index (κ2) is 9.44. The van der Waals surface area contributed by atoms with Gasteiger partial charge in [0.2, 0.25) is 0 Å². The predicted octanol–water partition coefficient (Wildman–Crippen LogP) is 2.56. The third kappa shape index (κ3) is 5.78. The normalized spacial score (nSPS) is 16.2. The molecule has 128 valence electrons. The Morgan fingerprint density at radius 2 is 2.00 bits per heavy atom. The Kier molecular flexibility index (Phi) is 7.94. The largest absolute Gasteiger partial charge is 0.500 e. The van der Waals surface area contributed by atoms with Gasteiger partial charge >= 0.3 is 5.97 Å². The van der Waals surface area contributed by atoms with E-state index in [9.17, 15) is 9.90 Å². The molecule has 0 spiro atoms. The smallest absolute Gasteiger partial charge is 0.333 e. The molecular formula is C16H23NO5S. The summed E-state index contributed by atoms with van der Waals surface area (Å²) in [5.74, 6) is -0.194. The Morgan fingerprint density at radius 1 is 1.30 bits per heavy atom. The van der Waals surface area contributed by atoms with Gasteiger partial charge in [0.15, 0.2) is 0 Å². The summed E-state index contributed by atoms with van der Waals surface area (Å²) >= 11 is 1.40. The molecule has 0 aliphatic rings. The van der Waals surface area contributed by atoms with Crippen LogP contribution in [0.25, 0.3) is 6.08 Å². The third-order valence-electron chi connectivity index (χ3n) is 3.26. The molecule has 1 aromatic heterocycles. The van der Waals surface area contributed by atoms with Crippen LogP contribution in [0, 0.1) is 5.92 Å². The van der Waals surface area contributed by atoms with Crippen LogP contribution in [0.2, 0.25) is 0 Å². The molecule has 1 N–H and O–H groups in total. The van der Waals surface area contributed by atoms with Crippen molar-refractivity contribution in [3.05, 3.63) is 34.0 Å². The zero-order chi connectivity index (χ0) is 17.4. The summed E-state index contributed by atoms with van der Waals surface area (Å²) in [5.41, 5.74) is 0.746. The van der Waals surface area contributed by atoms with Gasteiger partial charge in [-0.15, -0.1) is 11.3 Å². The maximum absolute atomic E-state index is 11.4. The number of carbonyl (C=O) groups is 1. The molecular weight excluding hydrogens is 318 g/mol. The Hall–Kier alpha value is -1.70. The number of nitrogens with zero attached hydrogens (tertiary/aromatic N) is 1.